The van der Waals surface area contributed by atoms with Crippen molar-refractivity contribution in [1.29, 1.82) is 0 Å². The maximum atomic E-state index is 14.6. The standard InChI is InChI=1S/C39H54F2N8O3/c1-25-21-47(38(51)52-39(3,4)5)16-9-28(25)23-45-14-10-30(11-15-45)49-34-12-17-46(26(2)50)24-33(34)37(43-49)48-13-7-8-27-18-31(29-20-42-44(6)22-29)32(36(40)41)19-35(27)48/h18-20,22,25,28,30,36H,7-17,21,23-24H2,1-6H3. The summed E-state index contributed by atoms with van der Waals surface area (Å²) in [5, 5.41) is 9.57. The highest BCUT2D eigenvalue weighted by Gasteiger charge is 2.36. The van der Waals surface area contributed by atoms with Crippen LogP contribution in [0.4, 0.5) is 25.1 Å². The fourth-order valence-electron chi connectivity index (χ4n) is 8.71. The van der Waals surface area contributed by atoms with Crippen LogP contribution in [0, 0.1) is 11.8 Å². The van der Waals surface area contributed by atoms with Gasteiger partial charge in [-0.25, -0.2) is 13.6 Å². The zero-order valence-electron chi connectivity index (χ0n) is 31.6. The van der Waals surface area contributed by atoms with Gasteiger partial charge in [-0.05, 0) is 88.0 Å². The van der Waals surface area contributed by atoms with Crippen LogP contribution in [0.5, 0.6) is 0 Å². The number of rotatable bonds is 6. The van der Waals surface area contributed by atoms with Crippen molar-refractivity contribution in [3.05, 3.63) is 46.9 Å². The van der Waals surface area contributed by atoms with Crippen LogP contribution in [-0.2, 0) is 36.0 Å². The number of alkyl halides is 2. The summed E-state index contributed by atoms with van der Waals surface area (Å²) in [7, 11) is 1.79. The lowest BCUT2D eigenvalue weighted by molar-refractivity contribution is -0.129. The van der Waals surface area contributed by atoms with Crippen LogP contribution in [-0.4, -0.2) is 97.7 Å². The van der Waals surface area contributed by atoms with Gasteiger partial charge in [0.05, 0.1) is 18.8 Å². The van der Waals surface area contributed by atoms with E-state index in [1.54, 1.807) is 37.1 Å². The summed E-state index contributed by atoms with van der Waals surface area (Å²) >= 11 is 0. The second-order valence-electron chi connectivity index (χ2n) is 16.4. The van der Waals surface area contributed by atoms with Gasteiger partial charge in [-0.3, -0.25) is 14.2 Å². The van der Waals surface area contributed by atoms with Crippen molar-refractivity contribution < 1.29 is 23.1 Å². The number of ether oxygens (including phenoxy) is 1. The van der Waals surface area contributed by atoms with Gasteiger partial charge in [0.2, 0.25) is 5.91 Å². The van der Waals surface area contributed by atoms with Gasteiger partial charge in [0.1, 0.15) is 5.60 Å². The normalized spacial score (nSPS) is 21.8. The molecule has 52 heavy (non-hydrogen) atoms. The van der Waals surface area contributed by atoms with E-state index >= 15 is 0 Å². The first kappa shape index (κ1) is 36.4. The van der Waals surface area contributed by atoms with E-state index in [2.05, 4.69) is 26.5 Å². The molecule has 3 aromatic rings. The molecular formula is C39H54F2N8O3. The van der Waals surface area contributed by atoms with Gasteiger partial charge >= 0.3 is 6.09 Å². The average molecular weight is 721 g/mol. The first-order valence-electron chi connectivity index (χ1n) is 19.0. The smallest absolute Gasteiger partial charge is 0.410 e. The number of piperidine rings is 2. The lowest BCUT2D eigenvalue weighted by atomic mass is 9.86. The van der Waals surface area contributed by atoms with Crippen molar-refractivity contribution in [2.24, 2.45) is 18.9 Å². The zero-order valence-corrected chi connectivity index (χ0v) is 31.6. The summed E-state index contributed by atoms with van der Waals surface area (Å²) in [6.07, 6.45) is 5.86. The number of hydrogen-bond acceptors (Lipinski definition) is 7. The first-order valence-corrected chi connectivity index (χ1v) is 19.0. The minimum Gasteiger partial charge on any atom is -0.444 e. The number of benzene rings is 1. The molecule has 7 rings (SSSR count). The number of carbonyl (C=O) groups excluding carboxylic acids is 2. The van der Waals surface area contributed by atoms with Crippen LogP contribution in [0.2, 0.25) is 0 Å². The maximum absolute atomic E-state index is 14.6. The lowest BCUT2D eigenvalue weighted by Gasteiger charge is -2.41. The molecule has 2 amide bonds. The van der Waals surface area contributed by atoms with Crippen LogP contribution >= 0.6 is 0 Å². The number of amides is 2. The molecule has 2 atom stereocenters. The van der Waals surface area contributed by atoms with Crippen LogP contribution in [0.15, 0.2) is 24.5 Å². The fourth-order valence-corrected chi connectivity index (χ4v) is 8.71. The van der Waals surface area contributed by atoms with Crippen LogP contribution in [0.3, 0.4) is 0 Å². The van der Waals surface area contributed by atoms with E-state index < -0.39 is 12.0 Å². The van der Waals surface area contributed by atoms with Crippen molar-refractivity contribution in [2.45, 2.75) is 97.8 Å². The minimum absolute atomic E-state index is 0.00508. The largest absolute Gasteiger partial charge is 0.444 e. The summed E-state index contributed by atoms with van der Waals surface area (Å²) in [5.41, 5.74) is 4.72. The van der Waals surface area contributed by atoms with E-state index in [1.807, 2.05) is 36.6 Å². The van der Waals surface area contributed by atoms with Gasteiger partial charge < -0.3 is 24.3 Å². The molecule has 1 aromatic carbocycles. The summed E-state index contributed by atoms with van der Waals surface area (Å²) in [6, 6.07) is 3.81. The van der Waals surface area contributed by atoms with E-state index in [1.165, 1.54) is 5.69 Å². The van der Waals surface area contributed by atoms with Crippen molar-refractivity contribution in [2.75, 3.05) is 50.7 Å². The maximum Gasteiger partial charge on any atom is 0.410 e. The van der Waals surface area contributed by atoms with Gasteiger partial charge in [0.15, 0.2) is 5.82 Å². The second-order valence-corrected chi connectivity index (χ2v) is 16.4. The Bertz CT molecular complexity index is 1790. The third-order valence-corrected chi connectivity index (χ3v) is 11.5. The monoisotopic (exact) mass is 720 g/mol. The number of anilines is 2. The molecule has 4 aliphatic heterocycles. The summed E-state index contributed by atoms with van der Waals surface area (Å²) in [4.78, 5) is 33.7. The molecule has 0 bridgehead atoms. The molecule has 2 aromatic heterocycles. The molecule has 2 saturated heterocycles. The van der Waals surface area contributed by atoms with E-state index in [-0.39, 0.29) is 23.6 Å². The molecule has 0 aliphatic carbocycles. The highest BCUT2D eigenvalue weighted by atomic mass is 19.3. The Kier molecular flexibility index (Phi) is 10.1. The van der Waals surface area contributed by atoms with Gasteiger partial charge in [-0.1, -0.05) is 6.92 Å². The van der Waals surface area contributed by atoms with Crippen LogP contribution < -0.4 is 4.90 Å². The zero-order chi connectivity index (χ0) is 36.9. The van der Waals surface area contributed by atoms with Crippen molar-refractivity contribution in [1.82, 2.24) is 34.3 Å². The summed E-state index contributed by atoms with van der Waals surface area (Å²) in [6.45, 7) is 15.8. The molecular weight excluding hydrogens is 666 g/mol. The molecule has 2 unspecified atom stereocenters. The molecule has 0 saturated carbocycles. The molecule has 6 heterocycles. The van der Waals surface area contributed by atoms with Crippen molar-refractivity contribution >= 4 is 23.5 Å². The predicted octanol–water partition coefficient (Wildman–Crippen LogP) is 6.74. The number of aromatic nitrogens is 4. The Morgan fingerprint density at radius 3 is 2.44 bits per heavy atom. The van der Waals surface area contributed by atoms with Crippen LogP contribution in [0.1, 0.15) is 95.2 Å². The molecule has 2 fully saturated rings. The van der Waals surface area contributed by atoms with Gasteiger partial charge in [-0.15, -0.1) is 0 Å². The van der Waals surface area contributed by atoms with Crippen molar-refractivity contribution in [3.63, 3.8) is 0 Å². The van der Waals surface area contributed by atoms with E-state index in [0.29, 0.717) is 42.6 Å². The predicted molar refractivity (Wildman–Crippen MR) is 196 cm³/mol. The summed E-state index contributed by atoms with van der Waals surface area (Å²) in [5.74, 6) is 1.74. The van der Waals surface area contributed by atoms with Gasteiger partial charge in [0, 0.05) is 100 Å². The first-order chi connectivity index (χ1) is 24.8. The molecule has 282 valence electrons. The molecule has 0 radical (unpaired) electrons. The number of fused-ring (bicyclic) bond motifs is 2. The topological polar surface area (TPSA) is 92.0 Å². The Hall–Kier alpha value is -4.00. The third-order valence-electron chi connectivity index (χ3n) is 11.5. The molecule has 11 nitrogen and oxygen atoms in total. The van der Waals surface area contributed by atoms with Crippen molar-refractivity contribution in [3.8, 4) is 11.1 Å². The Morgan fingerprint density at radius 2 is 1.79 bits per heavy atom. The van der Waals surface area contributed by atoms with E-state index in [9.17, 15) is 18.4 Å². The SMILES string of the molecule is CC(=O)N1CCc2c(c(N3CCCc4cc(-c5cnn(C)c5)c(C(F)F)cc43)nn2C2CCN(CC3CCN(C(=O)OC(C)(C)C)CC3C)CC2)C1. The fraction of sp³-hybridized carbons (Fsp3) is 0.641. The Balaban J connectivity index is 1.10. The number of hydrogen-bond donors (Lipinski definition) is 0. The number of nitrogens with zero attached hydrogens (tertiary/aromatic N) is 8. The lowest BCUT2D eigenvalue weighted by Crippen LogP contribution is -2.48. The number of halogens is 2. The van der Waals surface area contributed by atoms with Gasteiger partial charge in [-0.2, -0.15) is 10.2 Å². The quantitative estimate of drug-likeness (QED) is 0.279. The van der Waals surface area contributed by atoms with E-state index in [0.717, 1.165) is 93.9 Å². The molecule has 0 spiro atoms. The second kappa shape index (κ2) is 14.4. The number of likely N-dealkylation sites (tertiary alicyclic amines) is 2. The minimum atomic E-state index is -2.64. The Labute approximate surface area is 305 Å². The van der Waals surface area contributed by atoms with E-state index in [4.69, 9.17) is 9.84 Å². The van der Waals surface area contributed by atoms with Crippen LogP contribution in [0.25, 0.3) is 11.1 Å². The summed E-state index contributed by atoms with van der Waals surface area (Å²) < 4.78 is 38.8. The highest BCUT2D eigenvalue weighted by Crippen LogP contribution is 2.44. The number of carbonyl (C=O) groups is 2. The average Bonchev–Trinajstić information content (AvgIpc) is 3.71. The molecule has 13 heteroatoms. The molecule has 0 N–H and O–H groups in total. The molecule has 4 aliphatic rings. The Morgan fingerprint density at radius 1 is 1.02 bits per heavy atom. The highest BCUT2D eigenvalue weighted by molar-refractivity contribution is 5.78. The number of aryl methyl sites for hydroxylation is 2. The third kappa shape index (κ3) is 7.43. The van der Waals surface area contributed by atoms with Gasteiger partial charge in [0.25, 0.3) is 6.43 Å².